The average Bonchev–Trinajstić information content (AvgIpc) is 3.89. The number of carbonyl (C=O) groups excluding carboxylic acids is 1. The minimum Gasteiger partial charge on any atom is -0.423 e. The molecule has 0 bridgehead atoms. The molecule has 2 aliphatic rings. The van der Waals surface area contributed by atoms with Crippen LogP contribution >= 0.6 is 18.2 Å². The minimum absolute atomic E-state index is 0.0737. The lowest BCUT2D eigenvalue weighted by molar-refractivity contribution is -0.738. The number of methoxy groups -OCH3 is 1. The molecule has 5 aromatic rings. The van der Waals surface area contributed by atoms with Crippen LogP contribution in [0.2, 0.25) is 0 Å². The van der Waals surface area contributed by atoms with Crippen LogP contribution in [0.3, 0.4) is 0 Å². The van der Waals surface area contributed by atoms with Gasteiger partial charge in [0.25, 0.3) is 5.56 Å². The van der Waals surface area contributed by atoms with E-state index in [1.54, 1.807) is 47.3 Å². The van der Waals surface area contributed by atoms with Crippen molar-refractivity contribution in [1.82, 2.24) is 24.5 Å². The van der Waals surface area contributed by atoms with Crippen molar-refractivity contribution in [2.75, 3.05) is 26.1 Å². The van der Waals surface area contributed by atoms with Crippen molar-refractivity contribution in [2.24, 2.45) is 0 Å². The highest BCUT2D eigenvalue weighted by atomic mass is 32.7. The Bertz CT molecular complexity index is 2340. The quantitative estimate of drug-likeness (QED) is 0.0464. The third-order valence-corrected chi connectivity index (χ3v) is 12.9. The molecule has 5 heterocycles. The second kappa shape index (κ2) is 16.8. The number of esters is 1. The van der Waals surface area contributed by atoms with E-state index in [4.69, 9.17) is 33.7 Å². The summed E-state index contributed by atoms with van der Waals surface area (Å²) in [6.45, 7) is -3.37. The van der Waals surface area contributed by atoms with E-state index < -0.39 is 73.6 Å². The van der Waals surface area contributed by atoms with Crippen molar-refractivity contribution < 1.29 is 52.1 Å². The molecular formula is C35H39N7O12PS+. The number of nitrogens with one attached hydrogen (secondary N) is 2. The van der Waals surface area contributed by atoms with Crippen molar-refractivity contribution in [3.63, 3.8) is 0 Å². The van der Waals surface area contributed by atoms with Gasteiger partial charge >= 0.3 is 24.1 Å². The third kappa shape index (κ3) is 8.48. The SMILES string of the molecule is COC1[C@@H](OP(=O)(OC[C@H]2O[C@@H]([n+]3c[nH]c4c(N)ncnc43)C[C@H]2O)SCc2ccc(OC(=O)c3ccc(C)cc3)cc2)[C@@H](CO)O[C@H]1n1ccc(=O)[nH]c1=O. The number of hydrogen-bond acceptors (Lipinski definition) is 16. The number of aryl methyl sites for hydroxylation is 1. The van der Waals surface area contributed by atoms with Crippen molar-refractivity contribution in [3.8, 4) is 5.75 Å². The predicted molar refractivity (Wildman–Crippen MR) is 198 cm³/mol. The Morgan fingerprint density at radius 2 is 1.86 bits per heavy atom. The molecule has 2 saturated heterocycles. The first kappa shape index (κ1) is 39.5. The largest absolute Gasteiger partial charge is 0.423 e. The molecule has 56 heavy (non-hydrogen) atoms. The molecule has 2 aromatic carbocycles. The normalized spacial score (nSPS) is 24.7. The van der Waals surface area contributed by atoms with E-state index in [1.807, 2.05) is 19.1 Å². The van der Waals surface area contributed by atoms with Crippen LogP contribution in [0.15, 0.2) is 83.0 Å². The number of rotatable bonds is 14. The predicted octanol–water partition coefficient (Wildman–Crippen LogP) is 1.90. The summed E-state index contributed by atoms with van der Waals surface area (Å²) in [7, 11) is 1.32. The molecule has 2 aliphatic heterocycles. The summed E-state index contributed by atoms with van der Waals surface area (Å²) in [5, 5.41) is 21.3. The number of nitrogens with two attached hydrogens (primary N) is 1. The van der Waals surface area contributed by atoms with Gasteiger partial charge in [0.05, 0.1) is 24.9 Å². The molecule has 0 amide bonds. The van der Waals surface area contributed by atoms with Crippen LogP contribution in [-0.4, -0.2) is 91.5 Å². The number of H-pyrrole nitrogens is 2. The zero-order chi connectivity index (χ0) is 39.6. The molecule has 2 unspecified atom stereocenters. The standard InChI is InChI=1S/C35H38N7O12PS/c1-19-3-7-21(8-4-19)34(46)51-22-9-5-20(6-10-22)16-56-55(48,54-29-24(14-43)53-33(30(29)49-2)41-12-11-26(45)40-35(41)47)50-15-25-23(44)13-27(52-25)42-18-39-28-31(36)37-17-38-32(28)42/h3-12,17-18,23-25,27,29-30,33,43-44H,13-16H2,1-2H3,(H3,36,37,38,40,45,47)/p+1/t23-,24-,25-,27-,29+,30?,33-,55?/m1/s1. The van der Waals surface area contributed by atoms with Gasteiger partial charge in [0.15, 0.2) is 30.9 Å². The number of benzene rings is 2. The zero-order valence-corrected chi connectivity index (χ0v) is 31.7. The fourth-order valence-corrected chi connectivity index (χ4v) is 9.72. The first-order chi connectivity index (χ1) is 26.9. The van der Waals surface area contributed by atoms with Crippen LogP contribution in [0.1, 0.15) is 40.4 Å². The second-order valence-corrected chi connectivity index (χ2v) is 17.0. The van der Waals surface area contributed by atoms with Crippen molar-refractivity contribution in [3.05, 3.63) is 111 Å². The maximum atomic E-state index is 14.8. The number of fused-ring (bicyclic) bond motifs is 1. The summed E-state index contributed by atoms with van der Waals surface area (Å²) in [6.07, 6.45) is -3.14. The number of aromatic nitrogens is 6. The Kier molecular flexibility index (Phi) is 11.8. The molecule has 3 aromatic heterocycles. The number of ether oxygens (including phenoxy) is 4. The van der Waals surface area contributed by atoms with Gasteiger partial charge in [0.2, 0.25) is 5.52 Å². The molecule has 19 nitrogen and oxygen atoms in total. The van der Waals surface area contributed by atoms with E-state index in [2.05, 4.69) is 19.9 Å². The van der Waals surface area contributed by atoms with Crippen LogP contribution < -0.4 is 26.3 Å². The lowest BCUT2D eigenvalue weighted by Gasteiger charge is -2.28. The molecule has 0 aliphatic carbocycles. The summed E-state index contributed by atoms with van der Waals surface area (Å²) in [6, 6.07) is 14.7. The zero-order valence-electron chi connectivity index (χ0n) is 30.0. The number of nitrogens with zero attached hydrogens (tertiary/aromatic N) is 4. The summed E-state index contributed by atoms with van der Waals surface area (Å²) >= 11 is 0.812. The highest BCUT2D eigenvalue weighted by molar-refractivity contribution is 8.54. The monoisotopic (exact) mass is 812 g/mol. The summed E-state index contributed by atoms with van der Waals surface area (Å²) < 4.78 is 52.9. The fourth-order valence-electron chi connectivity index (χ4n) is 6.33. The lowest BCUT2D eigenvalue weighted by atomic mass is 10.1. The Balaban J connectivity index is 1.09. The van der Waals surface area contributed by atoms with Gasteiger partial charge in [-0.1, -0.05) is 34.8 Å². The number of imidazole rings is 1. The van der Waals surface area contributed by atoms with Crippen LogP contribution in [0.5, 0.6) is 5.75 Å². The number of aliphatic hydroxyl groups excluding tert-OH is 2. The molecule has 2 fully saturated rings. The molecule has 8 atom stereocenters. The smallest absolute Gasteiger partial charge is 0.389 e. The van der Waals surface area contributed by atoms with Gasteiger partial charge in [-0.3, -0.25) is 28.4 Å². The molecular weight excluding hydrogens is 773 g/mol. The van der Waals surface area contributed by atoms with E-state index in [0.717, 1.165) is 27.6 Å². The Hall–Kier alpha value is -4.76. The minimum atomic E-state index is -4.28. The van der Waals surface area contributed by atoms with Crippen molar-refractivity contribution in [1.29, 1.82) is 0 Å². The highest BCUT2D eigenvalue weighted by Gasteiger charge is 2.51. The van der Waals surface area contributed by atoms with Gasteiger partial charge in [-0.05, 0) is 48.1 Å². The number of carbonyl (C=O) groups is 1. The van der Waals surface area contributed by atoms with E-state index in [9.17, 15) is 29.2 Å². The van der Waals surface area contributed by atoms with E-state index >= 15 is 0 Å². The van der Waals surface area contributed by atoms with Gasteiger partial charge in [0.1, 0.15) is 30.2 Å². The number of nitrogen functional groups attached to an aromatic ring is 1. The van der Waals surface area contributed by atoms with Crippen LogP contribution in [0.25, 0.3) is 11.2 Å². The first-order valence-electron chi connectivity index (χ1n) is 17.3. The van der Waals surface area contributed by atoms with Gasteiger partial charge < -0.3 is 34.9 Å². The van der Waals surface area contributed by atoms with E-state index in [1.165, 1.54) is 19.6 Å². The Morgan fingerprint density at radius 3 is 2.57 bits per heavy atom. The van der Waals surface area contributed by atoms with Crippen molar-refractivity contribution in [2.45, 2.75) is 62.1 Å². The van der Waals surface area contributed by atoms with Crippen LogP contribution in [0, 0.1) is 6.92 Å². The van der Waals surface area contributed by atoms with Gasteiger partial charge in [-0.2, -0.15) is 4.98 Å². The maximum absolute atomic E-state index is 14.8. The lowest BCUT2D eigenvalue weighted by Crippen LogP contribution is -2.40. The van der Waals surface area contributed by atoms with E-state index in [0.29, 0.717) is 28.0 Å². The summed E-state index contributed by atoms with van der Waals surface area (Å²) in [4.78, 5) is 50.5. The van der Waals surface area contributed by atoms with Gasteiger partial charge in [-0.25, -0.2) is 18.7 Å². The van der Waals surface area contributed by atoms with Crippen LogP contribution in [0.4, 0.5) is 5.82 Å². The number of anilines is 1. The molecule has 0 spiro atoms. The molecule has 0 saturated carbocycles. The summed E-state index contributed by atoms with van der Waals surface area (Å²) in [5.74, 6) is 0.0817. The van der Waals surface area contributed by atoms with Gasteiger partial charge in [0, 0.05) is 31.5 Å². The average molecular weight is 813 g/mol. The maximum Gasteiger partial charge on any atom is 0.389 e. The number of aliphatic hydroxyl groups is 2. The molecule has 21 heteroatoms. The number of aromatic amines is 2. The van der Waals surface area contributed by atoms with Gasteiger partial charge in [-0.15, -0.1) is 0 Å². The second-order valence-electron chi connectivity index (χ2n) is 13.0. The molecule has 6 N–H and O–H groups in total. The number of hydrogen-bond donors (Lipinski definition) is 5. The molecule has 0 radical (unpaired) electrons. The van der Waals surface area contributed by atoms with E-state index in [-0.39, 0.29) is 24.6 Å². The van der Waals surface area contributed by atoms with Crippen LogP contribution in [-0.2, 0) is 33.6 Å². The molecule has 296 valence electrons. The third-order valence-electron chi connectivity index (χ3n) is 9.28. The highest BCUT2D eigenvalue weighted by Crippen LogP contribution is 2.64. The Morgan fingerprint density at radius 1 is 1.09 bits per heavy atom. The Labute approximate surface area is 322 Å². The topological polar surface area (TPSA) is 256 Å². The van der Waals surface area contributed by atoms with Crippen molar-refractivity contribution >= 4 is 41.1 Å². The summed E-state index contributed by atoms with van der Waals surface area (Å²) in [5.41, 5.74) is 7.54. The fraction of sp³-hybridized carbons (Fsp3) is 0.371. The molecule has 7 rings (SSSR count). The first-order valence-corrected chi connectivity index (χ1v) is 20.5.